The number of rotatable bonds is 6. The molecule has 0 bridgehead atoms. The van der Waals surface area contributed by atoms with Crippen LogP contribution in [0, 0.1) is 5.41 Å². The maximum Gasteiger partial charge on any atom is 0.323 e. The highest BCUT2D eigenvalue weighted by atomic mass is 16.4. The van der Waals surface area contributed by atoms with Crippen LogP contribution in [0.3, 0.4) is 0 Å². The van der Waals surface area contributed by atoms with Crippen LogP contribution in [0.15, 0.2) is 0 Å². The monoisotopic (exact) mass is 244 g/mol. The van der Waals surface area contributed by atoms with E-state index in [0.29, 0.717) is 13.1 Å². The van der Waals surface area contributed by atoms with Gasteiger partial charge in [-0.25, -0.2) is 4.79 Å². The Morgan fingerprint density at radius 3 is 2.29 bits per heavy atom. The summed E-state index contributed by atoms with van der Waals surface area (Å²) in [5.41, 5.74) is 0.162. The molecule has 0 fully saturated rings. The molecule has 0 radical (unpaired) electrons. The molecule has 2 amide bonds. The van der Waals surface area contributed by atoms with Gasteiger partial charge in [-0.05, 0) is 18.3 Å². The van der Waals surface area contributed by atoms with Gasteiger partial charge in [-0.3, -0.25) is 4.79 Å². The summed E-state index contributed by atoms with van der Waals surface area (Å²) in [6.45, 7) is 9.00. The molecule has 17 heavy (non-hydrogen) atoms. The molecular formula is C12H24N2O3. The van der Waals surface area contributed by atoms with Gasteiger partial charge in [0.25, 0.3) is 0 Å². The van der Waals surface area contributed by atoms with Crippen molar-refractivity contribution in [3.63, 3.8) is 0 Å². The lowest BCUT2D eigenvalue weighted by Gasteiger charge is -2.22. The summed E-state index contributed by atoms with van der Waals surface area (Å²) in [7, 11) is 0. The first-order valence-electron chi connectivity index (χ1n) is 6.01. The summed E-state index contributed by atoms with van der Waals surface area (Å²) >= 11 is 0. The smallest absolute Gasteiger partial charge is 0.323 e. The molecule has 0 atom stereocenters. The maximum absolute atomic E-state index is 11.7. The molecule has 5 nitrogen and oxygen atoms in total. The van der Waals surface area contributed by atoms with E-state index in [-0.39, 0.29) is 18.0 Å². The number of nitrogens with one attached hydrogen (secondary N) is 1. The molecule has 0 spiro atoms. The number of carboxylic acid groups (broad SMARTS) is 1. The van der Waals surface area contributed by atoms with Crippen LogP contribution in [0.1, 0.15) is 40.5 Å². The predicted octanol–water partition coefficient (Wildman–Crippen LogP) is 1.93. The van der Waals surface area contributed by atoms with Crippen molar-refractivity contribution in [3.8, 4) is 0 Å². The SMILES string of the molecule is CCCN(CC(=O)O)C(=O)NCCC(C)(C)C. The third-order valence-electron chi connectivity index (χ3n) is 2.26. The summed E-state index contributed by atoms with van der Waals surface area (Å²) in [6.07, 6.45) is 1.62. The first-order chi connectivity index (χ1) is 7.76. The van der Waals surface area contributed by atoms with Gasteiger partial charge >= 0.3 is 12.0 Å². The van der Waals surface area contributed by atoms with E-state index in [9.17, 15) is 9.59 Å². The zero-order valence-electron chi connectivity index (χ0n) is 11.2. The minimum atomic E-state index is -0.982. The summed E-state index contributed by atoms with van der Waals surface area (Å²) in [5.74, 6) is -0.982. The zero-order valence-corrected chi connectivity index (χ0v) is 11.2. The number of urea groups is 1. The molecule has 5 heteroatoms. The fraction of sp³-hybridized carbons (Fsp3) is 0.833. The van der Waals surface area contributed by atoms with Gasteiger partial charge in [0, 0.05) is 13.1 Å². The van der Waals surface area contributed by atoms with Crippen molar-refractivity contribution < 1.29 is 14.7 Å². The minimum Gasteiger partial charge on any atom is -0.480 e. The van der Waals surface area contributed by atoms with Gasteiger partial charge in [-0.1, -0.05) is 27.7 Å². The molecule has 100 valence electrons. The van der Waals surface area contributed by atoms with Crippen molar-refractivity contribution in [3.05, 3.63) is 0 Å². The number of aliphatic carboxylic acids is 1. The Bertz CT molecular complexity index is 259. The molecule has 0 aromatic heterocycles. The average molecular weight is 244 g/mol. The second-order valence-electron chi connectivity index (χ2n) is 5.36. The van der Waals surface area contributed by atoms with Crippen LogP contribution in [0.5, 0.6) is 0 Å². The largest absolute Gasteiger partial charge is 0.480 e. The Hall–Kier alpha value is -1.26. The molecule has 0 aromatic rings. The average Bonchev–Trinajstić information content (AvgIpc) is 2.14. The molecule has 0 unspecified atom stereocenters. The lowest BCUT2D eigenvalue weighted by molar-refractivity contribution is -0.137. The summed E-state index contributed by atoms with van der Waals surface area (Å²) in [5, 5.41) is 11.4. The highest BCUT2D eigenvalue weighted by Gasteiger charge is 2.16. The second-order valence-corrected chi connectivity index (χ2v) is 5.36. The van der Waals surface area contributed by atoms with Crippen molar-refractivity contribution in [1.29, 1.82) is 0 Å². The molecular weight excluding hydrogens is 220 g/mol. The molecule has 0 saturated heterocycles. The first kappa shape index (κ1) is 15.7. The van der Waals surface area contributed by atoms with Crippen LogP contribution in [-0.4, -0.2) is 41.6 Å². The molecule has 0 saturated carbocycles. The van der Waals surface area contributed by atoms with Crippen molar-refractivity contribution in [2.24, 2.45) is 5.41 Å². The second kappa shape index (κ2) is 7.14. The number of nitrogens with zero attached hydrogens (tertiary/aromatic N) is 1. The van der Waals surface area contributed by atoms with Crippen LogP contribution >= 0.6 is 0 Å². The lowest BCUT2D eigenvalue weighted by atomic mass is 9.92. The minimum absolute atomic E-state index is 0.162. The maximum atomic E-state index is 11.7. The molecule has 0 rings (SSSR count). The van der Waals surface area contributed by atoms with E-state index in [1.165, 1.54) is 4.90 Å². The standard InChI is InChI=1S/C12H24N2O3/c1-5-8-14(9-10(15)16)11(17)13-7-6-12(2,3)4/h5-9H2,1-4H3,(H,13,17)(H,15,16). The zero-order chi connectivity index (χ0) is 13.5. The molecule has 0 aromatic carbocycles. The van der Waals surface area contributed by atoms with Crippen LogP contribution in [0.4, 0.5) is 4.79 Å². The molecule has 0 aliphatic rings. The third kappa shape index (κ3) is 8.54. The highest BCUT2D eigenvalue weighted by molar-refractivity contribution is 5.80. The number of carboxylic acids is 1. The van der Waals surface area contributed by atoms with Gasteiger partial charge in [0.1, 0.15) is 6.54 Å². The van der Waals surface area contributed by atoms with Gasteiger partial charge in [0.15, 0.2) is 0 Å². The van der Waals surface area contributed by atoms with Gasteiger partial charge in [-0.2, -0.15) is 0 Å². The fourth-order valence-corrected chi connectivity index (χ4v) is 1.34. The number of hydrogen-bond donors (Lipinski definition) is 2. The number of amides is 2. The summed E-state index contributed by atoms with van der Waals surface area (Å²) in [6, 6.07) is -0.293. The number of hydrogen-bond acceptors (Lipinski definition) is 2. The van der Waals surface area contributed by atoms with Gasteiger partial charge < -0.3 is 15.3 Å². The lowest BCUT2D eigenvalue weighted by Crippen LogP contribution is -2.43. The molecule has 0 heterocycles. The van der Waals surface area contributed by atoms with E-state index >= 15 is 0 Å². The molecule has 0 aliphatic heterocycles. The van der Waals surface area contributed by atoms with E-state index in [1.54, 1.807) is 0 Å². The Morgan fingerprint density at radius 1 is 1.29 bits per heavy atom. The third-order valence-corrected chi connectivity index (χ3v) is 2.26. The van der Waals surface area contributed by atoms with Gasteiger partial charge in [0.05, 0.1) is 0 Å². The van der Waals surface area contributed by atoms with E-state index in [0.717, 1.165) is 12.8 Å². The van der Waals surface area contributed by atoms with Crippen molar-refractivity contribution in [1.82, 2.24) is 10.2 Å². The Kier molecular flexibility index (Phi) is 6.61. The van der Waals surface area contributed by atoms with Crippen LogP contribution in [0.2, 0.25) is 0 Å². The van der Waals surface area contributed by atoms with E-state index < -0.39 is 5.97 Å². The quantitative estimate of drug-likeness (QED) is 0.750. The highest BCUT2D eigenvalue weighted by Crippen LogP contribution is 2.16. The van der Waals surface area contributed by atoms with Gasteiger partial charge in [0.2, 0.25) is 0 Å². The predicted molar refractivity (Wildman–Crippen MR) is 67.0 cm³/mol. The van der Waals surface area contributed by atoms with E-state index in [1.807, 2.05) is 6.92 Å². The van der Waals surface area contributed by atoms with Crippen LogP contribution < -0.4 is 5.32 Å². The van der Waals surface area contributed by atoms with Gasteiger partial charge in [-0.15, -0.1) is 0 Å². The van der Waals surface area contributed by atoms with Crippen LogP contribution in [0.25, 0.3) is 0 Å². The van der Waals surface area contributed by atoms with Crippen LogP contribution in [-0.2, 0) is 4.79 Å². The summed E-state index contributed by atoms with van der Waals surface area (Å²) < 4.78 is 0. The van der Waals surface area contributed by atoms with Crippen molar-refractivity contribution in [2.45, 2.75) is 40.5 Å². The summed E-state index contributed by atoms with van der Waals surface area (Å²) in [4.78, 5) is 23.6. The van der Waals surface area contributed by atoms with E-state index in [4.69, 9.17) is 5.11 Å². The van der Waals surface area contributed by atoms with E-state index in [2.05, 4.69) is 26.1 Å². The number of carbonyl (C=O) groups excluding carboxylic acids is 1. The van der Waals surface area contributed by atoms with Crippen molar-refractivity contribution >= 4 is 12.0 Å². The fourth-order valence-electron chi connectivity index (χ4n) is 1.34. The number of carbonyl (C=O) groups is 2. The molecule has 0 aliphatic carbocycles. The van der Waals surface area contributed by atoms with Crippen molar-refractivity contribution in [2.75, 3.05) is 19.6 Å². The topological polar surface area (TPSA) is 69.6 Å². The molecule has 2 N–H and O–H groups in total. The Balaban J connectivity index is 4.10. The first-order valence-corrected chi connectivity index (χ1v) is 6.01. The normalized spacial score (nSPS) is 11.1. The Labute approximate surface area is 103 Å². The Morgan fingerprint density at radius 2 is 1.88 bits per heavy atom.